The summed E-state index contributed by atoms with van der Waals surface area (Å²) < 4.78 is 13.5. The minimum Gasteiger partial charge on any atom is -0.205 e. The molecule has 0 amide bonds. The predicted octanol–water partition coefficient (Wildman–Crippen LogP) is 6.56. The lowest BCUT2D eigenvalue weighted by molar-refractivity contribution is 0.661. The second kappa shape index (κ2) is 10.1. The molecule has 0 spiro atoms. The van der Waals surface area contributed by atoms with E-state index >= 15 is 0 Å². The van der Waals surface area contributed by atoms with Crippen LogP contribution in [0.2, 0.25) is 0 Å². The van der Waals surface area contributed by atoms with Crippen LogP contribution in [0.4, 0.5) is 4.39 Å². The zero-order valence-corrected chi connectivity index (χ0v) is 13.3. The van der Waals surface area contributed by atoms with Gasteiger partial charge in [0.15, 0.2) is 0 Å². The molecular formula is C16H26ClF. The molecule has 0 aliphatic carbocycles. The predicted molar refractivity (Wildman–Crippen MR) is 82.5 cm³/mol. The maximum Gasteiger partial charge on any atom is 0.141 e. The van der Waals surface area contributed by atoms with Gasteiger partial charge in [0.2, 0.25) is 0 Å². The lowest BCUT2D eigenvalue weighted by Gasteiger charge is -2.17. The van der Waals surface area contributed by atoms with E-state index in [0.717, 1.165) is 29.2 Å². The van der Waals surface area contributed by atoms with Gasteiger partial charge in [0.25, 0.3) is 0 Å². The van der Waals surface area contributed by atoms with Crippen LogP contribution in [0, 0.1) is 5.92 Å². The first-order valence-corrected chi connectivity index (χ1v) is 6.81. The number of hydrogen-bond donors (Lipinski definition) is 0. The van der Waals surface area contributed by atoms with Crippen molar-refractivity contribution in [2.75, 3.05) is 0 Å². The van der Waals surface area contributed by atoms with Crippen LogP contribution in [0.5, 0.6) is 0 Å². The van der Waals surface area contributed by atoms with Gasteiger partial charge in [0.05, 0.1) is 5.03 Å². The second-order valence-corrected chi connectivity index (χ2v) is 4.43. The Morgan fingerprint density at radius 2 is 1.78 bits per heavy atom. The quantitative estimate of drug-likeness (QED) is 0.497. The van der Waals surface area contributed by atoms with Crippen LogP contribution in [0.15, 0.2) is 46.8 Å². The molecule has 2 heteroatoms. The van der Waals surface area contributed by atoms with Crippen LogP contribution in [0.3, 0.4) is 0 Å². The zero-order valence-electron chi connectivity index (χ0n) is 12.5. The monoisotopic (exact) mass is 272 g/mol. The van der Waals surface area contributed by atoms with Gasteiger partial charge in [-0.25, -0.2) is 4.39 Å². The molecule has 0 unspecified atom stereocenters. The SMILES string of the molecule is C=C/C(F)=C(Cl)\C(C(=C)C)=C(\CC)C(C)C.CC. The molecule has 0 atom stereocenters. The molecule has 0 radical (unpaired) electrons. The Morgan fingerprint density at radius 1 is 1.33 bits per heavy atom. The Balaban J connectivity index is 0. The van der Waals surface area contributed by atoms with E-state index in [9.17, 15) is 4.39 Å². The van der Waals surface area contributed by atoms with Gasteiger partial charge >= 0.3 is 0 Å². The highest BCUT2D eigenvalue weighted by atomic mass is 35.5. The van der Waals surface area contributed by atoms with Gasteiger partial charge < -0.3 is 0 Å². The molecular weight excluding hydrogens is 247 g/mol. The molecule has 0 saturated heterocycles. The minimum absolute atomic E-state index is 0.119. The van der Waals surface area contributed by atoms with Gasteiger partial charge in [-0.05, 0) is 36.5 Å². The van der Waals surface area contributed by atoms with Crippen LogP contribution >= 0.6 is 11.6 Å². The summed E-state index contributed by atoms with van der Waals surface area (Å²) in [6.45, 7) is 19.3. The summed E-state index contributed by atoms with van der Waals surface area (Å²) in [5, 5.41) is 0.119. The van der Waals surface area contributed by atoms with E-state index in [-0.39, 0.29) is 5.03 Å². The van der Waals surface area contributed by atoms with Crippen LogP contribution < -0.4 is 0 Å². The standard InChI is InChI=1S/C14H20ClF.C2H6/c1-7-11(9(3)4)13(10(5)6)14(15)12(16)8-2;1-2/h8-9H,2,5,7H2,1,3-4,6H3;1-2H3/b13-11-,14-12-;. The fourth-order valence-electron chi connectivity index (χ4n) is 1.69. The zero-order chi connectivity index (χ0) is 14.9. The second-order valence-electron chi connectivity index (χ2n) is 4.05. The molecule has 0 bridgehead atoms. The van der Waals surface area contributed by atoms with Crippen molar-refractivity contribution in [1.82, 2.24) is 0 Å². The van der Waals surface area contributed by atoms with Crippen LogP contribution in [-0.2, 0) is 0 Å². The molecule has 0 fully saturated rings. The number of halogens is 2. The summed E-state index contributed by atoms with van der Waals surface area (Å²) in [6.07, 6.45) is 1.96. The van der Waals surface area contributed by atoms with E-state index in [1.54, 1.807) is 0 Å². The Hall–Kier alpha value is -0.820. The summed E-state index contributed by atoms with van der Waals surface area (Å²) in [4.78, 5) is 0. The Labute approximate surface area is 117 Å². The van der Waals surface area contributed by atoms with Crippen molar-refractivity contribution in [3.63, 3.8) is 0 Å². The molecule has 0 aliphatic heterocycles. The maximum absolute atomic E-state index is 13.5. The first kappa shape index (κ1) is 19.5. The first-order chi connectivity index (χ1) is 8.36. The maximum atomic E-state index is 13.5. The number of rotatable bonds is 5. The fourth-order valence-corrected chi connectivity index (χ4v) is 2.04. The minimum atomic E-state index is -0.494. The van der Waals surface area contributed by atoms with E-state index in [4.69, 9.17) is 11.6 Å². The molecule has 0 rings (SSSR count). The van der Waals surface area contributed by atoms with E-state index in [1.165, 1.54) is 0 Å². The van der Waals surface area contributed by atoms with Crippen molar-refractivity contribution in [3.8, 4) is 0 Å². The van der Waals surface area contributed by atoms with Crippen molar-refractivity contribution in [1.29, 1.82) is 0 Å². The smallest absolute Gasteiger partial charge is 0.141 e. The van der Waals surface area contributed by atoms with Gasteiger partial charge in [-0.2, -0.15) is 0 Å². The number of allylic oxidation sites excluding steroid dienone is 6. The molecule has 0 N–H and O–H groups in total. The average molecular weight is 273 g/mol. The highest BCUT2D eigenvalue weighted by Crippen LogP contribution is 2.33. The van der Waals surface area contributed by atoms with E-state index < -0.39 is 5.83 Å². The van der Waals surface area contributed by atoms with Crippen LogP contribution in [0.25, 0.3) is 0 Å². The third-order valence-corrected chi connectivity index (χ3v) is 2.80. The van der Waals surface area contributed by atoms with Gasteiger partial charge in [0, 0.05) is 0 Å². The van der Waals surface area contributed by atoms with Crippen molar-refractivity contribution in [2.45, 2.75) is 48.0 Å². The summed E-state index contributed by atoms with van der Waals surface area (Å²) >= 11 is 6.02. The molecule has 104 valence electrons. The molecule has 0 nitrogen and oxygen atoms in total. The topological polar surface area (TPSA) is 0 Å². The number of hydrogen-bond acceptors (Lipinski definition) is 0. The average Bonchev–Trinajstić information content (AvgIpc) is 2.35. The first-order valence-electron chi connectivity index (χ1n) is 6.43. The van der Waals surface area contributed by atoms with Crippen molar-refractivity contribution >= 4 is 11.6 Å². The third-order valence-electron chi connectivity index (χ3n) is 2.43. The summed E-state index contributed by atoms with van der Waals surface area (Å²) in [7, 11) is 0. The van der Waals surface area contributed by atoms with Gasteiger partial charge in [-0.15, -0.1) is 0 Å². The molecule has 0 saturated carbocycles. The molecule has 0 aromatic rings. The van der Waals surface area contributed by atoms with Gasteiger partial charge in [-0.3, -0.25) is 0 Å². The van der Waals surface area contributed by atoms with E-state index in [0.29, 0.717) is 5.92 Å². The molecule has 0 heterocycles. The molecule has 0 aliphatic rings. The molecule has 18 heavy (non-hydrogen) atoms. The van der Waals surface area contributed by atoms with Gasteiger partial charge in [-0.1, -0.05) is 65.0 Å². The normalized spacial score (nSPS) is 13.2. The Morgan fingerprint density at radius 3 is 2.00 bits per heavy atom. The van der Waals surface area contributed by atoms with Crippen LogP contribution in [-0.4, -0.2) is 0 Å². The largest absolute Gasteiger partial charge is 0.205 e. The fraction of sp³-hybridized carbons (Fsp3) is 0.500. The third kappa shape index (κ3) is 5.68. The lowest BCUT2D eigenvalue weighted by atomic mass is 9.91. The van der Waals surface area contributed by atoms with E-state index in [1.807, 2.05) is 27.7 Å². The van der Waals surface area contributed by atoms with Crippen molar-refractivity contribution in [2.24, 2.45) is 5.92 Å². The Bertz CT molecular complexity index is 346. The highest BCUT2D eigenvalue weighted by molar-refractivity contribution is 6.33. The Kier molecular flexibility index (Phi) is 11.0. The molecule has 0 aromatic carbocycles. The molecule has 0 aromatic heterocycles. The van der Waals surface area contributed by atoms with Crippen molar-refractivity contribution in [3.05, 3.63) is 46.8 Å². The summed E-state index contributed by atoms with van der Waals surface area (Å²) in [5.41, 5.74) is 2.64. The van der Waals surface area contributed by atoms with Crippen molar-refractivity contribution < 1.29 is 4.39 Å². The summed E-state index contributed by atoms with van der Waals surface area (Å²) in [5.74, 6) is -0.172. The lowest BCUT2D eigenvalue weighted by Crippen LogP contribution is -2.01. The highest BCUT2D eigenvalue weighted by Gasteiger charge is 2.15. The van der Waals surface area contributed by atoms with Crippen LogP contribution in [0.1, 0.15) is 48.0 Å². The van der Waals surface area contributed by atoms with E-state index in [2.05, 4.69) is 27.0 Å². The summed E-state index contributed by atoms with van der Waals surface area (Å²) in [6, 6.07) is 0. The van der Waals surface area contributed by atoms with Gasteiger partial charge in [0.1, 0.15) is 5.83 Å².